The number of hydrogen-bond donors (Lipinski definition) is 0. The zero-order valence-corrected chi connectivity index (χ0v) is 16.3. The molecule has 28 heavy (non-hydrogen) atoms. The zero-order valence-electron chi connectivity index (χ0n) is 16.3. The van der Waals surface area contributed by atoms with E-state index in [-0.39, 0.29) is 17.1 Å². The smallest absolute Gasteiger partial charge is 0.290 e. The van der Waals surface area contributed by atoms with Crippen molar-refractivity contribution in [3.8, 4) is 0 Å². The van der Waals surface area contributed by atoms with Crippen LogP contribution in [0.2, 0.25) is 0 Å². The van der Waals surface area contributed by atoms with E-state index in [0.29, 0.717) is 29.7 Å². The molecule has 0 N–H and O–H groups in total. The van der Waals surface area contributed by atoms with E-state index in [1.807, 2.05) is 43.3 Å². The molecule has 5 nitrogen and oxygen atoms in total. The summed E-state index contributed by atoms with van der Waals surface area (Å²) >= 11 is 0. The van der Waals surface area contributed by atoms with Crippen LogP contribution in [0.1, 0.15) is 45.8 Å². The highest BCUT2D eigenvalue weighted by Crippen LogP contribution is 2.38. The number of hydrogen-bond acceptors (Lipinski definition) is 4. The van der Waals surface area contributed by atoms with E-state index in [4.69, 9.17) is 9.15 Å². The number of amides is 1. The lowest BCUT2D eigenvalue weighted by atomic mass is 9.97. The molecule has 0 saturated carbocycles. The molecule has 0 fully saturated rings. The second kappa shape index (κ2) is 7.24. The maximum Gasteiger partial charge on any atom is 0.290 e. The predicted octanol–water partition coefficient (Wildman–Crippen LogP) is 3.86. The Balaban J connectivity index is 1.94. The lowest BCUT2D eigenvalue weighted by Crippen LogP contribution is -2.32. The Morgan fingerprint density at radius 3 is 2.54 bits per heavy atom. The van der Waals surface area contributed by atoms with Gasteiger partial charge in [0.15, 0.2) is 5.43 Å². The van der Waals surface area contributed by atoms with Crippen molar-refractivity contribution in [2.45, 2.75) is 26.3 Å². The summed E-state index contributed by atoms with van der Waals surface area (Å²) in [7, 11) is 1.60. The molecule has 1 aliphatic rings. The molecular weight excluding hydrogens is 354 g/mol. The fraction of sp³-hybridized carbons (Fsp3) is 0.304. The molecule has 1 atom stereocenters. The van der Waals surface area contributed by atoms with Crippen molar-refractivity contribution in [2.24, 2.45) is 0 Å². The van der Waals surface area contributed by atoms with Gasteiger partial charge in [0.05, 0.1) is 23.6 Å². The average Bonchev–Trinajstić information content (AvgIpc) is 2.99. The predicted molar refractivity (Wildman–Crippen MR) is 108 cm³/mol. The highest BCUT2D eigenvalue weighted by molar-refractivity contribution is 5.99. The van der Waals surface area contributed by atoms with Crippen LogP contribution in [0.4, 0.5) is 0 Å². The Bertz CT molecular complexity index is 1100. The summed E-state index contributed by atoms with van der Waals surface area (Å²) in [6.07, 6.45) is 0.930. The molecule has 1 amide bonds. The maximum absolute atomic E-state index is 13.4. The Kier molecular flexibility index (Phi) is 4.77. The van der Waals surface area contributed by atoms with E-state index in [9.17, 15) is 9.59 Å². The number of carbonyl (C=O) groups is 1. The Hall–Kier alpha value is -2.92. The van der Waals surface area contributed by atoms with Gasteiger partial charge in [-0.1, -0.05) is 42.8 Å². The number of methoxy groups -OCH3 is 1. The molecule has 0 saturated heterocycles. The molecular formula is C23H23NO4. The highest BCUT2D eigenvalue weighted by Gasteiger charge is 2.42. The monoisotopic (exact) mass is 377 g/mol. The third-order valence-electron chi connectivity index (χ3n) is 5.36. The molecule has 0 aliphatic carbocycles. The minimum atomic E-state index is -0.468. The van der Waals surface area contributed by atoms with Crippen LogP contribution in [0, 0.1) is 6.92 Å². The van der Waals surface area contributed by atoms with Gasteiger partial charge in [0.25, 0.3) is 5.91 Å². The molecule has 0 spiro atoms. The van der Waals surface area contributed by atoms with Gasteiger partial charge in [-0.15, -0.1) is 0 Å². The number of ether oxygens (including phenoxy) is 1. The molecule has 0 bridgehead atoms. The van der Waals surface area contributed by atoms with Crippen LogP contribution in [0.15, 0.2) is 51.7 Å². The summed E-state index contributed by atoms with van der Waals surface area (Å²) in [6.45, 7) is 4.80. The Morgan fingerprint density at radius 1 is 1.11 bits per heavy atom. The van der Waals surface area contributed by atoms with Crippen LogP contribution in [0.5, 0.6) is 0 Å². The summed E-state index contributed by atoms with van der Waals surface area (Å²) in [4.78, 5) is 28.2. The van der Waals surface area contributed by atoms with E-state index < -0.39 is 6.04 Å². The van der Waals surface area contributed by atoms with E-state index in [1.54, 1.807) is 18.1 Å². The number of benzene rings is 2. The maximum atomic E-state index is 13.4. The lowest BCUT2D eigenvalue weighted by molar-refractivity contribution is 0.0663. The molecule has 2 heterocycles. The van der Waals surface area contributed by atoms with E-state index >= 15 is 0 Å². The quantitative estimate of drug-likeness (QED) is 0.678. The highest BCUT2D eigenvalue weighted by atomic mass is 16.5. The number of carbonyl (C=O) groups excluding carboxylic acids is 1. The van der Waals surface area contributed by atoms with Crippen molar-refractivity contribution in [3.63, 3.8) is 0 Å². The number of fused-ring (bicyclic) bond motifs is 2. The summed E-state index contributed by atoms with van der Waals surface area (Å²) in [5, 5.41) is 0.510. The largest absolute Gasteiger partial charge is 0.450 e. The third-order valence-corrected chi connectivity index (χ3v) is 5.36. The molecule has 0 radical (unpaired) electrons. The van der Waals surface area contributed by atoms with Crippen molar-refractivity contribution in [1.29, 1.82) is 0 Å². The molecule has 144 valence electrons. The van der Waals surface area contributed by atoms with Crippen LogP contribution in [0.25, 0.3) is 11.0 Å². The lowest BCUT2D eigenvalue weighted by Gasteiger charge is -2.25. The van der Waals surface area contributed by atoms with Gasteiger partial charge >= 0.3 is 0 Å². The first-order valence-corrected chi connectivity index (χ1v) is 9.51. The van der Waals surface area contributed by atoms with E-state index in [1.165, 1.54) is 5.56 Å². The minimum absolute atomic E-state index is 0.141. The summed E-state index contributed by atoms with van der Waals surface area (Å²) in [6, 6.07) is 13.0. The van der Waals surface area contributed by atoms with Crippen molar-refractivity contribution < 1.29 is 13.9 Å². The topological polar surface area (TPSA) is 59.8 Å². The summed E-state index contributed by atoms with van der Waals surface area (Å²) in [5.41, 5.74) is 3.80. The van der Waals surface area contributed by atoms with Crippen LogP contribution in [-0.4, -0.2) is 31.1 Å². The van der Waals surface area contributed by atoms with Gasteiger partial charge in [-0.25, -0.2) is 0 Å². The molecule has 4 rings (SSSR count). The van der Waals surface area contributed by atoms with Gasteiger partial charge < -0.3 is 14.1 Å². The average molecular weight is 377 g/mol. The van der Waals surface area contributed by atoms with Crippen molar-refractivity contribution in [3.05, 3.63) is 80.7 Å². The molecule has 1 aromatic heterocycles. The first-order valence-electron chi connectivity index (χ1n) is 9.51. The zero-order chi connectivity index (χ0) is 19.8. The van der Waals surface area contributed by atoms with E-state index in [2.05, 4.69) is 6.92 Å². The third kappa shape index (κ3) is 2.92. The molecule has 3 aromatic rings. The summed E-state index contributed by atoms with van der Waals surface area (Å²) < 4.78 is 11.1. The standard InChI is InChI=1S/C23H23NO4/c1-4-15-6-8-16(9-7-15)20-19-21(25)17-13-14(2)5-10-18(17)28-22(19)23(26)24(20)11-12-27-3/h5-10,13,20H,4,11-12H2,1-3H3. The number of rotatable bonds is 5. The molecule has 1 unspecified atom stereocenters. The normalized spacial score (nSPS) is 16.0. The second-order valence-electron chi connectivity index (χ2n) is 7.16. The van der Waals surface area contributed by atoms with Gasteiger partial charge in [0, 0.05) is 13.7 Å². The number of aryl methyl sites for hydroxylation is 2. The van der Waals surface area contributed by atoms with Gasteiger partial charge in [0.1, 0.15) is 5.58 Å². The molecule has 1 aliphatic heterocycles. The fourth-order valence-corrected chi connectivity index (χ4v) is 3.84. The van der Waals surface area contributed by atoms with Crippen molar-refractivity contribution in [1.82, 2.24) is 4.90 Å². The van der Waals surface area contributed by atoms with Crippen LogP contribution >= 0.6 is 0 Å². The molecule has 2 aromatic carbocycles. The first-order chi connectivity index (χ1) is 13.5. The van der Waals surface area contributed by atoms with Crippen LogP contribution in [-0.2, 0) is 11.2 Å². The van der Waals surface area contributed by atoms with Gasteiger partial charge in [0.2, 0.25) is 5.76 Å². The molecule has 5 heteroatoms. The second-order valence-corrected chi connectivity index (χ2v) is 7.16. The van der Waals surface area contributed by atoms with Crippen molar-refractivity contribution in [2.75, 3.05) is 20.3 Å². The number of nitrogens with zero attached hydrogens (tertiary/aromatic N) is 1. The van der Waals surface area contributed by atoms with Crippen LogP contribution < -0.4 is 5.43 Å². The van der Waals surface area contributed by atoms with Gasteiger partial charge in [-0.05, 0) is 36.6 Å². The van der Waals surface area contributed by atoms with E-state index in [0.717, 1.165) is 17.5 Å². The van der Waals surface area contributed by atoms with Gasteiger partial charge in [-0.2, -0.15) is 0 Å². The summed E-state index contributed by atoms with van der Waals surface area (Å²) in [5.74, 6) is -0.127. The van der Waals surface area contributed by atoms with Crippen molar-refractivity contribution >= 4 is 16.9 Å². The Labute approximate surface area is 163 Å². The fourth-order valence-electron chi connectivity index (χ4n) is 3.84. The first kappa shape index (κ1) is 18.4. The Morgan fingerprint density at radius 2 is 1.86 bits per heavy atom. The van der Waals surface area contributed by atoms with Gasteiger partial charge in [-0.3, -0.25) is 9.59 Å². The van der Waals surface area contributed by atoms with Crippen LogP contribution in [0.3, 0.4) is 0 Å². The SMILES string of the molecule is CCc1ccc(C2c3c(oc4ccc(C)cc4c3=O)C(=O)N2CCOC)cc1. The minimum Gasteiger partial charge on any atom is -0.450 e.